The molecule has 1 amide bonds. The van der Waals surface area contributed by atoms with Crippen molar-refractivity contribution in [1.82, 2.24) is 13.8 Å². The molecule has 0 aliphatic carbocycles. The van der Waals surface area contributed by atoms with Crippen LogP contribution in [-0.4, -0.2) is 54.3 Å². The van der Waals surface area contributed by atoms with Crippen LogP contribution in [0.1, 0.15) is 64.3 Å². The van der Waals surface area contributed by atoms with Crippen LogP contribution in [-0.2, 0) is 14.8 Å². The standard InChI is InChI=1S/C23H33N3O3S/c1-19(23(27)24-13-6-2-3-7-14-24)26-17-12-20-18-21(10-11-22(20)26)30(28,29)25-15-8-4-5-9-16-25/h10-12,17-19H,2-9,13-16H2,1H3/t19-/m1/s1. The van der Waals surface area contributed by atoms with Gasteiger partial charge in [0, 0.05) is 43.3 Å². The molecule has 6 nitrogen and oxygen atoms in total. The second-order valence-corrected chi connectivity index (χ2v) is 10.6. The van der Waals surface area contributed by atoms with Gasteiger partial charge in [0.2, 0.25) is 15.9 Å². The molecule has 2 aliphatic rings. The van der Waals surface area contributed by atoms with Crippen LogP contribution in [0.3, 0.4) is 0 Å². The maximum absolute atomic E-state index is 13.1. The molecule has 0 spiro atoms. The van der Waals surface area contributed by atoms with Gasteiger partial charge in [-0.05, 0) is 56.9 Å². The first-order valence-electron chi connectivity index (χ1n) is 11.4. The average molecular weight is 432 g/mol. The Hall–Kier alpha value is -1.86. The van der Waals surface area contributed by atoms with E-state index in [1.54, 1.807) is 16.4 Å². The highest BCUT2D eigenvalue weighted by Crippen LogP contribution is 2.27. The summed E-state index contributed by atoms with van der Waals surface area (Å²) in [7, 11) is -3.48. The summed E-state index contributed by atoms with van der Waals surface area (Å²) in [5, 5.41) is 0.862. The molecule has 1 aromatic heterocycles. The van der Waals surface area contributed by atoms with E-state index in [0.29, 0.717) is 18.0 Å². The highest BCUT2D eigenvalue weighted by atomic mass is 32.2. The fourth-order valence-electron chi connectivity index (χ4n) is 4.75. The van der Waals surface area contributed by atoms with Crippen molar-refractivity contribution < 1.29 is 13.2 Å². The Morgan fingerprint density at radius 2 is 1.47 bits per heavy atom. The van der Waals surface area contributed by atoms with E-state index in [0.717, 1.165) is 62.5 Å². The van der Waals surface area contributed by atoms with Gasteiger partial charge in [0.15, 0.2) is 0 Å². The average Bonchev–Trinajstić information content (AvgIpc) is 2.95. The van der Waals surface area contributed by atoms with Crippen molar-refractivity contribution in [3.05, 3.63) is 30.5 Å². The van der Waals surface area contributed by atoms with Crippen molar-refractivity contribution in [2.45, 2.75) is 69.2 Å². The summed E-state index contributed by atoms with van der Waals surface area (Å²) in [4.78, 5) is 15.4. The van der Waals surface area contributed by atoms with Gasteiger partial charge in [0.1, 0.15) is 6.04 Å². The molecule has 0 unspecified atom stereocenters. The molecule has 0 bridgehead atoms. The number of likely N-dealkylation sites (tertiary alicyclic amines) is 1. The van der Waals surface area contributed by atoms with Crippen molar-refractivity contribution in [2.75, 3.05) is 26.2 Å². The molecule has 2 aliphatic heterocycles. The lowest BCUT2D eigenvalue weighted by Gasteiger charge is -2.25. The van der Waals surface area contributed by atoms with Crippen molar-refractivity contribution in [2.24, 2.45) is 0 Å². The van der Waals surface area contributed by atoms with E-state index >= 15 is 0 Å². The first kappa shape index (κ1) is 21.4. The van der Waals surface area contributed by atoms with Crippen molar-refractivity contribution in [3.63, 3.8) is 0 Å². The number of rotatable bonds is 4. The third-order valence-corrected chi connectivity index (χ3v) is 8.48. The maximum Gasteiger partial charge on any atom is 0.245 e. The van der Waals surface area contributed by atoms with Crippen LogP contribution >= 0.6 is 0 Å². The predicted octanol–water partition coefficient (Wildman–Crippen LogP) is 4.17. The molecule has 1 atom stereocenters. The number of sulfonamides is 1. The number of benzene rings is 1. The molecule has 1 aromatic carbocycles. The van der Waals surface area contributed by atoms with E-state index in [-0.39, 0.29) is 11.9 Å². The third kappa shape index (κ3) is 4.28. The Morgan fingerprint density at radius 1 is 0.867 bits per heavy atom. The first-order valence-corrected chi connectivity index (χ1v) is 12.8. The summed E-state index contributed by atoms with van der Waals surface area (Å²) >= 11 is 0. The second-order valence-electron chi connectivity index (χ2n) is 8.68. The Labute approximate surface area is 179 Å². The number of hydrogen-bond donors (Lipinski definition) is 0. The zero-order valence-corrected chi connectivity index (χ0v) is 18.7. The minimum Gasteiger partial charge on any atom is -0.341 e. The molecular weight excluding hydrogens is 398 g/mol. The molecule has 7 heteroatoms. The molecule has 0 N–H and O–H groups in total. The van der Waals surface area contributed by atoms with Gasteiger partial charge >= 0.3 is 0 Å². The van der Waals surface area contributed by atoms with Gasteiger partial charge < -0.3 is 9.47 Å². The number of fused-ring (bicyclic) bond motifs is 1. The largest absolute Gasteiger partial charge is 0.341 e. The molecule has 0 saturated carbocycles. The summed E-state index contributed by atoms with van der Waals surface area (Å²) in [5.41, 5.74) is 0.903. The fraction of sp³-hybridized carbons (Fsp3) is 0.609. The number of aromatic nitrogens is 1. The molecule has 2 saturated heterocycles. The molecule has 164 valence electrons. The van der Waals surface area contributed by atoms with Crippen molar-refractivity contribution in [1.29, 1.82) is 0 Å². The van der Waals surface area contributed by atoms with E-state index in [4.69, 9.17) is 0 Å². The Balaban J connectivity index is 1.58. The summed E-state index contributed by atoms with van der Waals surface area (Å²) in [6, 6.07) is 6.93. The summed E-state index contributed by atoms with van der Waals surface area (Å²) in [6.07, 6.45) is 10.5. The highest BCUT2D eigenvalue weighted by Gasteiger charge is 2.27. The van der Waals surface area contributed by atoms with E-state index in [9.17, 15) is 13.2 Å². The van der Waals surface area contributed by atoms with Gasteiger partial charge in [0.25, 0.3) is 0 Å². The Morgan fingerprint density at radius 3 is 2.10 bits per heavy atom. The minimum absolute atomic E-state index is 0.149. The van der Waals surface area contributed by atoms with Crippen molar-refractivity contribution >= 4 is 26.8 Å². The van der Waals surface area contributed by atoms with Gasteiger partial charge in [-0.25, -0.2) is 8.42 Å². The van der Waals surface area contributed by atoms with Crippen LogP contribution in [0.2, 0.25) is 0 Å². The van der Waals surface area contributed by atoms with E-state index in [1.807, 2.05) is 34.7 Å². The minimum atomic E-state index is -3.48. The Kier molecular flexibility index (Phi) is 6.48. The van der Waals surface area contributed by atoms with E-state index in [2.05, 4.69) is 0 Å². The number of hydrogen-bond acceptors (Lipinski definition) is 3. The lowest BCUT2D eigenvalue weighted by molar-refractivity contribution is -0.134. The Bertz CT molecular complexity index is 982. The highest BCUT2D eigenvalue weighted by molar-refractivity contribution is 7.89. The van der Waals surface area contributed by atoms with Crippen LogP contribution in [0, 0.1) is 0 Å². The molecule has 2 aromatic rings. The van der Waals surface area contributed by atoms with Gasteiger partial charge in [-0.2, -0.15) is 4.31 Å². The number of amides is 1. The SMILES string of the molecule is C[C@H](C(=O)N1CCCCCC1)n1ccc2cc(S(=O)(=O)N3CCCCCC3)ccc21. The van der Waals surface area contributed by atoms with E-state index in [1.165, 1.54) is 12.8 Å². The number of carbonyl (C=O) groups excluding carboxylic acids is 1. The summed E-state index contributed by atoms with van der Waals surface area (Å²) in [6.45, 7) is 4.81. The lowest BCUT2D eigenvalue weighted by Crippen LogP contribution is -2.36. The third-order valence-electron chi connectivity index (χ3n) is 6.59. The van der Waals surface area contributed by atoms with Crippen LogP contribution in [0.4, 0.5) is 0 Å². The molecular formula is C23H33N3O3S. The number of nitrogens with zero attached hydrogens (tertiary/aromatic N) is 3. The molecule has 30 heavy (non-hydrogen) atoms. The molecule has 0 radical (unpaired) electrons. The topological polar surface area (TPSA) is 62.6 Å². The van der Waals surface area contributed by atoms with Crippen LogP contribution in [0.15, 0.2) is 35.4 Å². The molecule has 3 heterocycles. The lowest BCUT2D eigenvalue weighted by atomic mass is 10.2. The number of carbonyl (C=O) groups is 1. The zero-order valence-electron chi connectivity index (χ0n) is 17.9. The quantitative estimate of drug-likeness (QED) is 0.730. The van der Waals surface area contributed by atoms with Crippen molar-refractivity contribution in [3.8, 4) is 0 Å². The zero-order chi connectivity index (χ0) is 21.1. The summed E-state index contributed by atoms with van der Waals surface area (Å²) in [5.74, 6) is 0.149. The van der Waals surface area contributed by atoms with Gasteiger partial charge in [0.05, 0.1) is 4.90 Å². The van der Waals surface area contributed by atoms with Gasteiger partial charge in [-0.15, -0.1) is 0 Å². The molecule has 2 fully saturated rings. The summed E-state index contributed by atoms with van der Waals surface area (Å²) < 4.78 is 29.9. The first-order chi connectivity index (χ1) is 14.5. The monoisotopic (exact) mass is 431 g/mol. The molecule has 4 rings (SSSR count). The van der Waals surface area contributed by atoms with Crippen LogP contribution in [0.5, 0.6) is 0 Å². The van der Waals surface area contributed by atoms with Crippen LogP contribution < -0.4 is 0 Å². The fourth-order valence-corrected chi connectivity index (χ4v) is 6.30. The second kappa shape index (κ2) is 9.10. The van der Waals surface area contributed by atoms with Gasteiger partial charge in [-0.3, -0.25) is 4.79 Å². The maximum atomic E-state index is 13.1. The smallest absolute Gasteiger partial charge is 0.245 e. The van der Waals surface area contributed by atoms with Crippen LogP contribution in [0.25, 0.3) is 10.9 Å². The normalized spacial score (nSPS) is 20.6. The van der Waals surface area contributed by atoms with E-state index < -0.39 is 10.0 Å². The van der Waals surface area contributed by atoms with Gasteiger partial charge in [-0.1, -0.05) is 25.7 Å². The predicted molar refractivity (Wildman–Crippen MR) is 119 cm³/mol.